The summed E-state index contributed by atoms with van der Waals surface area (Å²) in [6, 6.07) is 4.53. The van der Waals surface area contributed by atoms with Gasteiger partial charge in [0.2, 0.25) is 5.75 Å². The fourth-order valence-electron chi connectivity index (χ4n) is 1.69. The van der Waals surface area contributed by atoms with Crippen LogP contribution in [-0.4, -0.2) is 15.8 Å². The fourth-order valence-corrected chi connectivity index (χ4v) is 1.69. The van der Waals surface area contributed by atoms with Crippen molar-refractivity contribution in [1.29, 1.82) is 0 Å². The molecule has 9 nitrogen and oxygen atoms in total. The number of carbonyl (C=O) groups is 1. The van der Waals surface area contributed by atoms with Crippen LogP contribution in [-0.2, 0) is 6.61 Å². The number of nitrogens with one attached hydrogen (secondary N) is 1. The number of nitrogen functional groups attached to an aromatic ring is 1. The Labute approximate surface area is 118 Å². The van der Waals surface area contributed by atoms with E-state index in [0.717, 1.165) is 0 Å². The van der Waals surface area contributed by atoms with Gasteiger partial charge in [-0.2, -0.15) is 0 Å². The van der Waals surface area contributed by atoms with Gasteiger partial charge in [-0.3, -0.25) is 10.2 Å². The number of amides is 1. The Hall–Kier alpha value is -2.94. The van der Waals surface area contributed by atoms with Crippen LogP contribution in [0.4, 0.5) is 5.82 Å². The van der Waals surface area contributed by atoms with Crippen LogP contribution in [0.3, 0.4) is 0 Å². The molecular formula is C12H12N4O5. The van der Waals surface area contributed by atoms with E-state index < -0.39 is 10.8 Å². The minimum absolute atomic E-state index is 0.0152. The summed E-state index contributed by atoms with van der Waals surface area (Å²) in [4.78, 5) is 25.2. The highest BCUT2D eigenvalue weighted by atomic mass is 16.6. The zero-order valence-electron chi connectivity index (χ0n) is 11.0. The molecule has 2 aromatic rings. The van der Waals surface area contributed by atoms with Crippen LogP contribution in [0, 0.1) is 17.0 Å². The number of furan rings is 1. The van der Waals surface area contributed by atoms with E-state index in [4.69, 9.17) is 15.0 Å². The van der Waals surface area contributed by atoms with Gasteiger partial charge in [-0.1, -0.05) is 0 Å². The van der Waals surface area contributed by atoms with Crippen molar-refractivity contribution in [2.45, 2.75) is 13.5 Å². The lowest BCUT2D eigenvalue weighted by Gasteiger charge is -2.03. The Morgan fingerprint density at radius 1 is 1.62 bits per heavy atom. The van der Waals surface area contributed by atoms with Gasteiger partial charge in [0.1, 0.15) is 18.6 Å². The van der Waals surface area contributed by atoms with E-state index in [1.54, 1.807) is 13.0 Å². The summed E-state index contributed by atoms with van der Waals surface area (Å²) in [7, 11) is 0. The van der Waals surface area contributed by atoms with Crippen molar-refractivity contribution in [3.8, 4) is 5.75 Å². The lowest BCUT2D eigenvalue weighted by Crippen LogP contribution is -2.30. The molecule has 0 fully saturated rings. The zero-order chi connectivity index (χ0) is 15.4. The van der Waals surface area contributed by atoms with Crippen LogP contribution in [0.1, 0.15) is 21.9 Å². The van der Waals surface area contributed by atoms with Gasteiger partial charge in [0.05, 0.1) is 0 Å². The number of hydrogen-bond acceptors (Lipinski definition) is 7. The van der Waals surface area contributed by atoms with Gasteiger partial charge in [-0.25, -0.2) is 5.84 Å². The molecule has 21 heavy (non-hydrogen) atoms. The molecule has 0 aliphatic heterocycles. The minimum Gasteiger partial charge on any atom is -0.477 e. The molecule has 0 aliphatic rings. The van der Waals surface area contributed by atoms with Gasteiger partial charge < -0.3 is 19.3 Å². The molecule has 1 amide bonds. The van der Waals surface area contributed by atoms with Crippen molar-refractivity contribution in [2.24, 2.45) is 5.84 Å². The molecule has 0 atom stereocenters. The first-order chi connectivity index (χ1) is 10.0. The highest BCUT2D eigenvalue weighted by Crippen LogP contribution is 2.24. The average molecular weight is 292 g/mol. The van der Waals surface area contributed by atoms with E-state index >= 15 is 0 Å². The Bertz CT molecular complexity index is 682. The number of hydrazine groups is 1. The molecule has 0 spiro atoms. The number of carbonyl (C=O) groups excluding carboxylic acids is 1. The second-order valence-corrected chi connectivity index (χ2v) is 4.07. The maximum absolute atomic E-state index is 11.4. The number of nitro groups is 1. The summed E-state index contributed by atoms with van der Waals surface area (Å²) in [6.45, 7) is 1.59. The molecular weight excluding hydrogens is 280 g/mol. The van der Waals surface area contributed by atoms with Gasteiger partial charge in [-0.15, -0.1) is 0 Å². The summed E-state index contributed by atoms with van der Waals surface area (Å²) in [5.41, 5.74) is 2.54. The molecule has 0 aromatic carbocycles. The number of pyridine rings is 1. The van der Waals surface area contributed by atoms with Crippen molar-refractivity contribution in [3.05, 3.63) is 51.6 Å². The number of hydrogen-bond donors (Lipinski definition) is 2. The van der Waals surface area contributed by atoms with Crippen LogP contribution in [0.15, 0.2) is 28.8 Å². The number of ether oxygens (including phenoxy) is 1. The first kappa shape index (κ1) is 14.5. The van der Waals surface area contributed by atoms with Gasteiger partial charge in [0.15, 0.2) is 5.76 Å². The number of nitrogens with zero attached hydrogens (tertiary/aromatic N) is 2. The van der Waals surface area contributed by atoms with E-state index in [0.29, 0.717) is 11.3 Å². The molecule has 2 aromatic heterocycles. The van der Waals surface area contributed by atoms with Crippen molar-refractivity contribution in [2.75, 3.05) is 0 Å². The van der Waals surface area contributed by atoms with Gasteiger partial charge in [0, 0.05) is 5.56 Å². The van der Waals surface area contributed by atoms with Crippen LogP contribution >= 0.6 is 0 Å². The summed E-state index contributed by atoms with van der Waals surface area (Å²) in [5, 5.41) is 10.8. The predicted molar refractivity (Wildman–Crippen MR) is 70.3 cm³/mol. The molecule has 3 N–H and O–H groups in total. The SMILES string of the molecule is Cc1cc(COc2cccnc2[N+](=O)[O-])oc1C(=O)NN. The first-order valence-electron chi connectivity index (χ1n) is 5.85. The number of aromatic nitrogens is 1. The Morgan fingerprint density at radius 3 is 3.05 bits per heavy atom. The molecule has 9 heteroatoms. The average Bonchev–Trinajstić information content (AvgIpc) is 2.85. The first-order valence-corrected chi connectivity index (χ1v) is 5.85. The number of aryl methyl sites for hydroxylation is 1. The predicted octanol–water partition coefficient (Wildman–Crippen LogP) is 1.07. The fraction of sp³-hybridized carbons (Fsp3) is 0.167. The number of nitrogens with two attached hydrogens (primary N) is 1. The Kier molecular flexibility index (Phi) is 4.14. The third-order valence-electron chi connectivity index (χ3n) is 2.60. The van der Waals surface area contributed by atoms with Crippen LogP contribution < -0.4 is 16.0 Å². The monoisotopic (exact) mass is 292 g/mol. The zero-order valence-corrected chi connectivity index (χ0v) is 11.0. The second-order valence-electron chi connectivity index (χ2n) is 4.07. The highest BCUT2D eigenvalue weighted by Gasteiger charge is 2.18. The summed E-state index contributed by atoms with van der Waals surface area (Å²) >= 11 is 0. The van der Waals surface area contributed by atoms with Gasteiger partial charge in [-0.05, 0) is 35.0 Å². The van der Waals surface area contributed by atoms with Crippen molar-refractivity contribution < 1.29 is 18.9 Å². The third kappa shape index (κ3) is 3.15. The molecule has 2 heterocycles. The maximum atomic E-state index is 11.4. The maximum Gasteiger partial charge on any atom is 0.406 e. The molecule has 0 bridgehead atoms. The van der Waals surface area contributed by atoms with Crippen LogP contribution in [0.25, 0.3) is 0 Å². The van der Waals surface area contributed by atoms with Crippen molar-refractivity contribution >= 4 is 11.7 Å². The molecule has 0 saturated heterocycles. The van der Waals surface area contributed by atoms with E-state index in [1.807, 2.05) is 5.43 Å². The number of rotatable bonds is 5. The highest BCUT2D eigenvalue weighted by molar-refractivity contribution is 5.92. The summed E-state index contributed by atoms with van der Waals surface area (Å²) in [5.74, 6) is 4.49. The molecule has 0 aliphatic carbocycles. The smallest absolute Gasteiger partial charge is 0.406 e. The quantitative estimate of drug-likeness (QED) is 0.364. The van der Waals surface area contributed by atoms with Gasteiger partial charge in [0.25, 0.3) is 0 Å². The van der Waals surface area contributed by atoms with E-state index in [9.17, 15) is 14.9 Å². The van der Waals surface area contributed by atoms with E-state index in [1.165, 1.54) is 18.3 Å². The van der Waals surface area contributed by atoms with Gasteiger partial charge >= 0.3 is 11.7 Å². The topological polar surface area (TPSA) is 134 Å². The molecule has 110 valence electrons. The van der Waals surface area contributed by atoms with Crippen LogP contribution in [0.5, 0.6) is 5.75 Å². The van der Waals surface area contributed by atoms with Crippen LogP contribution in [0.2, 0.25) is 0 Å². The molecule has 0 radical (unpaired) electrons. The minimum atomic E-state index is -0.643. The lowest BCUT2D eigenvalue weighted by atomic mass is 10.2. The Morgan fingerprint density at radius 2 is 2.38 bits per heavy atom. The summed E-state index contributed by atoms with van der Waals surface area (Å²) in [6.07, 6.45) is 1.30. The normalized spacial score (nSPS) is 10.2. The van der Waals surface area contributed by atoms with E-state index in [2.05, 4.69) is 4.98 Å². The molecule has 2 rings (SSSR count). The largest absolute Gasteiger partial charge is 0.477 e. The van der Waals surface area contributed by atoms with Crippen molar-refractivity contribution in [3.63, 3.8) is 0 Å². The standard InChI is InChI=1S/C12H12N4O5/c1-7-5-8(21-10(7)12(17)15-13)6-20-9-3-2-4-14-11(9)16(18)19/h2-5H,6,13H2,1H3,(H,15,17). The lowest BCUT2D eigenvalue weighted by molar-refractivity contribution is -0.390. The third-order valence-corrected chi connectivity index (χ3v) is 2.60. The van der Waals surface area contributed by atoms with E-state index in [-0.39, 0.29) is 23.9 Å². The summed E-state index contributed by atoms with van der Waals surface area (Å²) < 4.78 is 10.6. The second kappa shape index (κ2) is 6.01. The molecule has 0 unspecified atom stereocenters. The Balaban J connectivity index is 2.14. The van der Waals surface area contributed by atoms with Crippen molar-refractivity contribution in [1.82, 2.24) is 10.4 Å². The molecule has 0 saturated carbocycles.